The van der Waals surface area contributed by atoms with E-state index in [1.807, 2.05) is 0 Å². The second-order valence-electron chi connectivity index (χ2n) is 5.42. The van der Waals surface area contributed by atoms with Crippen LogP contribution in [0, 0.1) is 6.92 Å². The van der Waals surface area contributed by atoms with Crippen molar-refractivity contribution in [2.45, 2.75) is 32.1 Å². The first-order chi connectivity index (χ1) is 10.4. The van der Waals surface area contributed by atoms with Crippen LogP contribution < -0.4 is 10.6 Å². The number of thiophene rings is 1. The molecule has 0 amide bonds. The summed E-state index contributed by atoms with van der Waals surface area (Å²) in [6.07, 6.45) is -3.44. The Kier molecular flexibility index (Phi) is 5.69. The van der Waals surface area contributed by atoms with Crippen LogP contribution in [0.15, 0.2) is 17.1 Å². The Morgan fingerprint density at radius 3 is 2.82 bits per heavy atom. The van der Waals surface area contributed by atoms with Crippen molar-refractivity contribution >= 4 is 17.3 Å². The molecule has 1 unspecified atom stereocenters. The van der Waals surface area contributed by atoms with Gasteiger partial charge in [-0.25, -0.2) is 0 Å². The molecule has 0 aliphatic carbocycles. The van der Waals surface area contributed by atoms with Crippen LogP contribution in [-0.2, 0) is 6.54 Å². The predicted molar refractivity (Wildman–Crippen MR) is 83.3 cm³/mol. The van der Waals surface area contributed by atoms with Crippen LogP contribution in [0.2, 0.25) is 0 Å². The summed E-state index contributed by atoms with van der Waals surface area (Å²) in [4.78, 5) is 8.00. The van der Waals surface area contributed by atoms with Gasteiger partial charge >= 0.3 is 6.18 Å². The molecule has 2 heterocycles. The average Bonchev–Trinajstić information content (AvgIpc) is 3.02. The summed E-state index contributed by atoms with van der Waals surface area (Å²) in [5.74, 6) is 0.630. The molecule has 2 N–H and O–H groups in total. The summed E-state index contributed by atoms with van der Waals surface area (Å²) in [5, 5.41) is 6.39. The summed E-state index contributed by atoms with van der Waals surface area (Å²) < 4.78 is 37.1. The van der Waals surface area contributed by atoms with Crippen LogP contribution in [0.5, 0.6) is 0 Å². The molecule has 1 atom stereocenters. The van der Waals surface area contributed by atoms with Crippen LogP contribution in [0.25, 0.3) is 0 Å². The van der Waals surface area contributed by atoms with E-state index in [2.05, 4.69) is 34.7 Å². The van der Waals surface area contributed by atoms with Crippen LogP contribution in [0.4, 0.5) is 13.2 Å². The Hall–Kier alpha value is -1.28. The molecule has 0 aromatic carbocycles. The molecule has 8 heteroatoms. The van der Waals surface area contributed by atoms with Gasteiger partial charge in [0, 0.05) is 35.9 Å². The van der Waals surface area contributed by atoms with Crippen molar-refractivity contribution in [3.8, 4) is 0 Å². The van der Waals surface area contributed by atoms with Crippen molar-refractivity contribution in [1.82, 2.24) is 15.5 Å². The van der Waals surface area contributed by atoms with E-state index in [1.54, 1.807) is 18.4 Å². The quantitative estimate of drug-likeness (QED) is 0.656. The van der Waals surface area contributed by atoms with Gasteiger partial charge in [-0.05, 0) is 25.5 Å². The number of aryl methyl sites for hydroxylation is 1. The number of rotatable bonds is 4. The molecule has 1 fully saturated rings. The summed E-state index contributed by atoms with van der Waals surface area (Å²) in [6.45, 7) is 2.72. The molecular weight excluding hydrogens is 313 g/mol. The van der Waals surface area contributed by atoms with Crippen LogP contribution in [-0.4, -0.2) is 49.8 Å². The van der Waals surface area contributed by atoms with Gasteiger partial charge < -0.3 is 10.6 Å². The normalized spacial score (nSPS) is 20.4. The number of nitrogens with one attached hydrogen (secondary N) is 2. The highest BCUT2D eigenvalue weighted by Gasteiger charge is 2.34. The molecule has 1 saturated heterocycles. The largest absolute Gasteiger partial charge is 0.401 e. The lowest BCUT2D eigenvalue weighted by atomic mass is 10.3. The Bertz CT molecular complexity index is 512. The Labute approximate surface area is 132 Å². The lowest BCUT2D eigenvalue weighted by Gasteiger charge is -2.19. The van der Waals surface area contributed by atoms with Crippen LogP contribution >= 0.6 is 11.3 Å². The minimum absolute atomic E-state index is 0.00128. The zero-order chi connectivity index (χ0) is 16.2. The first-order valence-electron chi connectivity index (χ1n) is 7.17. The molecule has 0 spiro atoms. The van der Waals surface area contributed by atoms with Gasteiger partial charge in [-0.15, -0.1) is 11.3 Å². The average molecular weight is 334 g/mol. The summed E-state index contributed by atoms with van der Waals surface area (Å²) in [6, 6.07) is 4.11. The summed E-state index contributed by atoms with van der Waals surface area (Å²) in [7, 11) is 1.66. The topological polar surface area (TPSA) is 39.7 Å². The molecule has 4 nitrogen and oxygen atoms in total. The third kappa shape index (κ3) is 5.49. The minimum atomic E-state index is -4.13. The van der Waals surface area contributed by atoms with E-state index < -0.39 is 12.7 Å². The third-order valence-electron chi connectivity index (χ3n) is 3.47. The van der Waals surface area contributed by atoms with Gasteiger partial charge in [0.1, 0.15) is 0 Å². The highest BCUT2D eigenvalue weighted by atomic mass is 32.1. The highest BCUT2D eigenvalue weighted by molar-refractivity contribution is 7.11. The maximum absolute atomic E-state index is 12.4. The van der Waals surface area contributed by atoms with E-state index in [1.165, 1.54) is 14.7 Å². The summed E-state index contributed by atoms with van der Waals surface area (Å²) >= 11 is 1.71. The van der Waals surface area contributed by atoms with Gasteiger partial charge in [0.25, 0.3) is 0 Å². The Morgan fingerprint density at radius 2 is 2.23 bits per heavy atom. The molecular formula is C14H21F3N4S. The molecule has 0 saturated carbocycles. The minimum Gasteiger partial charge on any atom is -0.352 e. The molecule has 1 aromatic rings. The SMILES string of the molecule is CN=C(NCc1ccc(C)s1)NC1CCN(CC(F)(F)F)C1. The molecule has 0 radical (unpaired) electrons. The highest BCUT2D eigenvalue weighted by Crippen LogP contribution is 2.20. The fourth-order valence-electron chi connectivity index (χ4n) is 2.49. The molecule has 1 aromatic heterocycles. The molecule has 22 heavy (non-hydrogen) atoms. The molecule has 0 bridgehead atoms. The van der Waals surface area contributed by atoms with Crippen molar-refractivity contribution < 1.29 is 13.2 Å². The van der Waals surface area contributed by atoms with Crippen molar-refractivity contribution in [2.24, 2.45) is 4.99 Å². The second kappa shape index (κ2) is 7.32. The standard InChI is InChI=1S/C14H21F3N4S/c1-10-3-4-12(22-10)7-19-13(18-2)20-11-5-6-21(8-11)9-14(15,16)17/h3-4,11H,5-9H2,1-2H3,(H2,18,19,20). The first-order valence-corrected chi connectivity index (χ1v) is 7.99. The Balaban J connectivity index is 1.77. The molecule has 2 rings (SSSR count). The van der Waals surface area contributed by atoms with E-state index in [4.69, 9.17) is 0 Å². The van der Waals surface area contributed by atoms with Gasteiger partial charge in [0.05, 0.1) is 13.1 Å². The number of hydrogen-bond acceptors (Lipinski definition) is 3. The van der Waals surface area contributed by atoms with Crippen molar-refractivity contribution in [2.75, 3.05) is 26.7 Å². The Morgan fingerprint density at radius 1 is 1.45 bits per heavy atom. The zero-order valence-corrected chi connectivity index (χ0v) is 13.5. The third-order valence-corrected chi connectivity index (χ3v) is 4.47. The number of halogens is 3. The number of hydrogen-bond donors (Lipinski definition) is 2. The number of alkyl halides is 3. The maximum Gasteiger partial charge on any atom is 0.401 e. The number of aliphatic imine (C=N–C) groups is 1. The first kappa shape index (κ1) is 17.1. The number of likely N-dealkylation sites (tertiary alicyclic amines) is 1. The summed E-state index contributed by atoms with van der Waals surface area (Å²) in [5.41, 5.74) is 0. The van der Waals surface area contributed by atoms with Crippen molar-refractivity contribution in [3.05, 3.63) is 21.9 Å². The smallest absolute Gasteiger partial charge is 0.352 e. The van der Waals surface area contributed by atoms with E-state index in [0.717, 1.165) is 0 Å². The molecule has 1 aliphatic rings. The van der Waals surface area contributed by atoms with Crippen molar-refractivity contribution in [3.63, 3.8) is 0 Å². The van der Waals surface area contributed by atoms with E-state index >= 15 is 0 Å². The lowest BCUT2D eigenvalue weighted by molar-refractivity contribution is -0.143. The fraction of sp³-hybridized carbons (Fsp3) is 0.643. The van der Waals surface area contributed by atoms with Crippen LogP contribution in [0.1, 0.15) is 16.2 Å². The van der Waals surface area contributed by atoms with Gasteiger partial charge in [0.15, 0.2) is 5.96 Å². The van der Waals surface area contributed by atoms with Gasteiger partial charge in [-0.2, -0.15) is 13.2 Å². The van der Waals surface area contributed by atoms with Gasteiger partial charge in [-0.3, -0.25) is 9.89 Å². The molecule has 124 valence electrons. The van der Waals surface area contributed by atoms with E-state index in [-0.39, 0.29) is 6.04 Å². The van der Waals surface area contributed by atoms with Crippen molar-refractivity contribution in [1.29, 1.82) is 0 Å². The van der Waals surface area contributed by atoms with Gasteiger partial charge in [0.2, 0.25) is 0 Å². The predicted octanol–water partition coefficient (Wildman–Crippen LogP) is 2.36. The zero-order valence-electron chi connectivity index (χ0n) is 12.7. The lowest BCUT2D eigenvalue weighted by Crippen LogP contribution is -2.44. The van der Waals surface area contributed by atoms with Crippen LogP contribution in [0.3, 0.4) is 0 Å². The second-order valence-corrected chi connectivity index (χ2v) is 6.79. The maximum atomic E-state index is 12.4. The molecule has 1 aliphatic heterocycles. The van der Waals surface area contributed by atoms with E-state index in [0.29, 0.717) is 32.0 Å². The fourth-order valence-corrected chi connectivity index (χ4v) is 3.32. The number of nitrogens with zero attached hydrogens (tertiary/aromatic N) is 2. The number of guanidine groups is 1. The van der Waals surface area contributed by atoms with Gasteiger partial charge in [-0.1, -0.05) is 0 Å². The van der Waals surface area contributed by atoms with E-state index in [9.17, 15) is 13.2 Å². The monoisotopic (exact) mass is 334 g/mol.